The van der Waals surface area contributed by atoms with E-state index in [-0.39, 0.29) is 17.5 Å². The van der Waals surface area contributed by atoms with Gasteiger partial charge in [0.1, 0.15) is 0 Å². The van der Waals surface area contributed by atoms with Gasteiger partial charge in [0.15, 0.2) is 5.78 Å². The molecule has 6 heteroatoms. The highest BCUT2D eigenvalue weighted by molar-refractivity contribution is 6.00. The Morgan fingerprint density at radius 1 is 0.864 bits per heavy atom. The minimum atomic E-state index is -1.43. The largest absolute Gasteiger partial charge is 0.347 e. The SMILES string of the molecule is COC1(OC)C(=O)C=C[C@@H]2[C@@H]1[C@H]1C=C[C@@H]2C(=O)C1(OC)OC. The summed E-state index contributed by atoms with van der Waals surface area (Å²) in [6.07, 6.45) is 6.95. The van der Waals surface area contributed by atoms with Crippen LogP contribution in [-0.4, -0.2) is 51.6 Å². The van der Waals surface area contributed by atoms with E-state index < -0.39 is 29.3 Å². The smallest absolute Gasteiger partial charge is 0.236 e. The standard InChI is InChI=1S/C16H20O6/c1-19-15(20-2)11-7-5-10(14(15)18)9-6-8-12(17)16(21-3,22-4)13(9)11/h5-11,13H,1-4H3/t9-,10-,11+,13+/m0/s1. The van der Waals surface area contributed by atoms with Crippen LogP contribution in [0.4, 0.5) is 0 Å². The summed E-state index contributed by atoms with van der Waals surface area (Å²) in [5, 5.41) is 0. The van der Waals surface area contributed by atoms with Crippen LogP contribution in [0.15, 0.2) is 24.3 Å². The van der Waals surface area contributed by atoms with Crippen molar-refractivity contribution in [2.24, 2.45) is 23.7 Å². The van der Waals surface area contributed by atoms with Gasteiger partial charge in [0, 0.05) is 46.2 Å². The van der Waals surface area contributed by atoms with Crippen molar-refractivity contribution in [2.75, 3.05) is 28.4 Å². The summed E-state index contributed by atoms with van der Waals surface area (Å²) in [7, 11) is 5.75. The molecular formula is C16H20O6. The molecule has 1 saturated carbocycles. The summed E-state index contributed by atoms with van der Waals surface area (Å²) in [4.78, 5) is 25.2. The van der Waals surface area contributed by atoms with E-state index in [9.17, 15) is 9.59 Å². The zero-order valence-corrected chi connectivity index (χ0v) is 13.1. The number of methoxy groups -OCH3 is 4. The number of fused-ring (bicyclic) bond motifs is 1. The van der Waals surface area contributed by atoms with Crippen LogP contribution in [0.25, 0.3) is 0 Å². The zero-order chi connectivity index (χ0) is 16.1. The summed E-state index contributed by atoms with van der Waals surface area (Å²) >= 11 is 0. The van der Waals surface area contributed by atoms with Gasteiger partial charge < -0.3 is 18.9 Å². The Bertz CT molecular complexity index is 555. The van der Waals surface area contributed by atoms with Gasteiger partial charge in [-0.2, -0.15) is 0 Å². The van der Waals surface area contributed by atoms with Crippen LogP contribution >= 0.6 is 0 Å². The highest BCUT2D eigenvalue weighted by Crippen LogP contribution is 2.56. The highest BCUT2D eigenvalue weighted by atomic mass is 16.7. The molecule has 0 aromatic rings. The lowest BCUT2D eigenvalue weighted by Crippen LogP contribution is -2.69. The fourth-order valence-corrected chi connectivity index (χ4v) is 4.29. The first kappa shape index (κ1) is 15.6. The average molecular weight is 308 g/mol. The maximum Gasteiger partial charge on any atom is 0.236 e. The van der Waals surface area contributed by atoms with Crippen molar-refractivity contribution in [3.63, 3.8) is 0 Å². The molecular weight excluding hydrogens is 288 g/mol. The number of ketones is 2. The molecule has 120 valence electrons. The molecule has 0 aliphatic heterocycles. The molecule has 0 aromatic carbocycles. The van der Waals surface area contributed by atoms with Crippen LogP contribution in [0.5, 0.6) is 0 Å². The maximum atomic E-state index is 12.8. The van der Waals surface area contributed by atoms with Crippen LogP contribution in [0, 0.1) is 23.7 Å². The van der Waals surface area contributed by atoms with Crippen LogP contribution in [0.3, 0.4) is 0 Å². The highest BCUT2D eigenvalue weighted by Gasteiger charge is 2.68. The fourth-order valence-electron chi connectivity index (χ4n) is 4.29. The van der Waals surface area contributed by atoms with Gasteiger partial charge in [-0.3, -0.25) is 9.59 Å². The number of allylic oxidation sites excluding steroid dienone is 2. The van der Waals surface area contributed by atoms with Gasteiger partial charge >= 0.3 is 0 Å². The molecule has 4 aliphatic carbocycles. The van der Waals surface area contributed by atoms with E-state index in [1.54, 1.807) is 6.08 Å². The second-order valence-electron chi connectivity index (χ2n) is 5.78. The third-order valence-electron chi connectivity index (χ3n) is 5.29. The number of ether oxygens (including phenoxy) is 4. The van der Waals surface area contributed by atoms with Crippen molar-refractivity contribution in [1.29, 1.82) is 0 Å². The van der Waals surface area contributed by atoms with Gasteiger partial charge in [0.2, 0.25) is 17.4 Å². The van der Waals surface area contributed by atoms with Crippen LogP contribution in [0.1, 0.15) is 0 Å². The number of carbonyl (C=O) groups is 2. The lowest BCUT2D eigenvalue weighted by Gasteiger charge is -2.56. The molecule has 0 unspecified atom stereocenters. The second kappa shape index (κ2) is 5.09. The van der Waals surface area contributed by atoms with Crippen LogP contribution in [-0.2, 0) is 28.5 Å². The predicted molar refractivity (Wildman–Crippen MR) is 75.8 cm³/mol. The molecule has 1 fully saturated rings. The molecule has 0 amide bonds. The first-order valence-electron chi connectivity index (χ1n) is 7.18. The van der Waals surface area contributed by atoms with Gasteiger partial charge in [0.05, 0.1) is 0 Å². The third-order valence-corrected chi connectivity index (χ3v) is 5.29. The van der Waals surface area contributed by atoms with Crippen molar-refractivity contribution < 1.29 is 28.5 Å². The molecule has 0 saturated heterocycles. The lowest BCUT2D eigenvalue weighted by atomic mass is 9.54. The van der Waals surface area contributed by atoms with Gasteiger partial charge in [-0.1, -0.05) is 18.2 Å². The summed E-state index contributed by atoms with van der Waals surface area (Å²) in [5.41, 5.74) is 0. The predicted octanol–water partition coefficient (Wildman–Crippen LogP) is 0.721. The molecule has 6 nitrogen and oxygen atoms in total. The summed E-state index contributed by atoms with van der Waals surface area (Å²) in [6, 6.07) is 0. The number of rotatable bonds is 4. The van der Waals surface area contributed by atoms with E-state index in [0.29, 0.717) is 0 Å². The maximum absolute atomic E-state index is 12.8. The molecule has 4 aliphatic rings. The molecule has 2 bridgehead atoms. The van der Waals surface area contributed by atoms with Gasteiger partial charge in [0.25, 0.3) is 0 Å². The van der Waals surface area contributed by atoms with Crippen molar-refractivity contribution in [1.82, 2.24) is 0 Å². The molecule has 0 N–H and O–H groups in total. The van der Waals surface area contributed by atoms with E-state index in [1.165, 1.54) is 34.5 Å². The number of hydrogen-bond donors (Lipinski definition) is 0. The Kier molecular flexibility index (Phi) is 3.60. The molecule has 4 rings (SSSR count). The molecule has 22 heavy (non-hydrogen) atoms. The summed E-state index contributed by atoms with van der Waals surface area (Å²) < 4.78 is 21.9. The Labute approximate surface area is 129 Å². The molecule has 0 heterocycles. The van der Waals surface area contributed by atoms with Crippen LogP contribution < -0.4 is 0 Å². The van der Waals surface area contributed by atoms with E-state index >= 15 is 0 Å². The normalized spacial score (nSPS) is 37.5. The Hall–Kier alpha value is -1.34. The number of carbonyl (C=O) groups excluding carboxylic acids is 2. The molecule has 0 radical (unpaired) electrons. The van der Waals surface area contributed by atoms with E-state index in [1.807, 2.05) is 12.2 Å². The molecule has 0 aromatic heterocycles. The van der Waals surface area contributed by atoms with Gasteiger partial charge in [-0.15, -0.1) is 0 Å². The quantitative estimate of drug-likeness (QED) is 0.563. The van der Waals surface area contributed by atoms with Crippen molar-refractivity contribution in [3.8, 4) is 0 Å². The zero-order valence-electron chi connectivity index (χ0n) is 13.1. The summed E-state index contributed by atoms with van der Waals surface area (Å²) in [5.74, 6) is -4.72. The minimum Gasteiger partial charge on any atom is -0.347 e. The molecule has 0 spiro atoms. The van der Waals surface area contributed by atoms with Crippen molar-refractivity contribution in [2.45, 2.75) is 11.6 Å². The fraction of sp³-hybridized carbons (Fsp3) is 0.625. The lowest BCUT2D eigenvalue weighted by molar-refractivity contribution is -0.295. The van der Waals surface area contributed by atoms with E-state index in [2.05, 4.69) is 0 Å². The third kappa shape index (κ3) is 1.58. The first-order chi connectivity index (χ1) is 10.5. The van der Waals surface area contributed by atoms with Crippen molar-refractivity contribution in [3.05, 3.63) is 24.3 Å². The summed E-state index contributed by atoms with van der Waals surface area (Å²) in [6.45, 7) is 0. The minimum absolute atomic E-state index is 0.133. The van der Waals surface area contributed by atoms with Gasteiger partial charge in [-0.05, 0) is 12.0 Å². The Morgan fingerprint density at radius 2 is 1.45 bits per heavy atom. The Morgan fingerprint density at radius 3 is 2.00 bits per heavy atom. The van der Waals surface area contributed by atoms with E-state index in [0.717, 1.165) is 0 Å². The first-order valence-corrected chi connectivity index (χ1v) is 7.18. The van der Waals surface area contributed by atoms with Crippen LogP contribution in [0.2, 0.25) is 0 Å². The number of hydrogen-bond acceptors (Lipinski definition) is 6. The monoisotopic (exact) mass is 308 g/mol. The topological polar surface area (TPSA) is 71.1 Å². The van der Waals surface area contributed by atoms with Gasteiger partial charge in [-0.25, -0.2) is 0 Å². The number of Topliss-reactive ketones (excluding diaryl/α,β-unsaturated/α-hetero) is 1. The van der Waals surface area contributed by atoms with E-state index in [4.69, 9.17) is 18.9 Å². The van der Waals surface area contributed by atoms with Crippen molar-refractivity contribution >= 4 is 11.6 Å². The second-order valence-corrected chi connectivity index (χ2v) is 5.78. The average Bonchev–Trinajstić information content (AvgIpc) is 2.56. The Balaban J connectivity index is 2.19. The molecule has 4 atom stereocenters.